The van der Waals surface area contributed by atoms with Crippen molar-refractivity contribution < 1.29 is 0 Å². The van der Waals surface area contributed by atoms with Crippen LogP contribution in [0.3, 0.4) is 0 Å². The Kier molecular flexibility index (Phi) is 2.40. The third-order valence-electron chi connectivity index (χ3n) is 0.993. The van der Waals surface area contributed by atoms with Gasteiger partial charge in [-0.15, -0.1) is 0 Å². The van der Waals surface area contributed by atoms with Crippen molar-refractivity contribution in [2.75, 3.05) is 0 Å². The first-order chi connectivity index (χ1) is 3.89. The summed E-state index contributed by atoms with van der Waals surface area (Å²) in [4.78, 5) is 0. The fourth-order valence-corrected chi connectivity index (χ4v) is 1.19. The monoisotopic (exact) mass is 211 g/mol. The first-order valence-electron chi connectivity index (χ1n) is 2.63. The number of rotatable bonds is 0. The van der Waals surface area contributed by atoms with Gasteiger partial charge in [-0.3, -0.25) is 0 Å². The molecule has 1 heteroatoms. The van der Waals surface area contributed by atoms with Gasteiger partial charge in [0.2, 0.25) is 0 Å². The number of allylic oxidation sites excluding steroid dienone is 6. The molecule has 0 saturated heterocycles. The van der Waals surface area contributed by atoms with Crippen molar-refractivity contribution in [2.45, 2.75) is 6.42 Å². The second-order valence-electron chi connectivity index (χ2n) is 1.71. The van der Waals surface area contributed by atoms with Crippen molar-refractivity contribution in [3.63, 3.8) is 0 Å². The fraction of sp³-hybridized carbons (Fsp3) is 0.143. The topological polar surface area (TPSA) is 0 Å². The van der Waals surface area contributed by atoms with Crippen LogP contribution in [0.1, 0.15) is 6.42 Å². The normalized spacial score (nSPS) is 17.9. The molecule has 0 spiro atoms. The summed E-state index contributed by atoms with van der Waals surface area (Å²) in [7, 11) is 0. The third-order valence-corrected chi connectivity index (χ3v) is 2.05. The van der Waals surface area contributed by atoms with Gasteiger partial charge in [-0.25, -0.2) is 0 Å². The standard InChI is InChI=1S/C7H7.Sn/c1-2-4-6-7-5-3-1;/h1-5H,6H2;. The van der Waals surface area contributed by atoms with E-state index in [0.717, 1.165) is 6.42 Å². The molecule has 0 atom stereocenters. The van der Waals surface area contributed by atoms with Crippen LogP contribution in [0.5, 0.6) is 0 Å². The summed E-state index contributed by atoms with van der Waals surface area (Å²) < 4.78 is 1.52. The minimum absolute atomic E-state index is 1.14. The summed E-state index contributed by atoms with van der Waals surface area (Å²) in [5.74, 6) is 0. The fourth-order valence-electron chi connectivity index (χ4n) is 0.577. The van der Waals surface area contributed by atoms with Crippen molar-refractivity contribution in [1.82, 2.24) is 0 Å². The van der Waals surface area contributed by atoms with E-state index in [0.29, 0.717) is 0 Å². The molecule has 0 unspecified atom stereocenters. The van der Waals surface area contributed by atoms with Gasteiger partial charge in [0.05, 0.1) is 0 Å². The maximum atomic E-state index is 2.18. The molecule has 0 N–H and O–H groups in total. The van der Waals surface area contributed by atoms with Crippen LogP contribution in [0, 0.1) is 0 Å². The van der Waals surface area contributed by atoms with E-state index in [-0.39, 0.29) is 0 Å². The summed E-state index contributed by atoms with van der Waals surface area (Å²) >= 11 is 1.54. The molecule has 1 aliphatic rings. The molecule has 39 valence electrons. The molecule has 8 heavy (non-hydrogen) atoms. The van der Waals surface area contributed by atoms with E-state index in [1.54, 1.807) is 0 Å². The minimum atomic E-state index is 1.14. The summed E-state index contributed by atoms with van der Waals surface area (Å²) in [6.45, 7) is 0. The predicted octanol–water partition coefficient (Wildman–Crippen LogP) is 1.55. The molecule has 0 aromatic rings. The Morgan fingerprint density at radius 1 is 1.25 bits per heavy atom. The van der Waals surface area contributed by atoms with E-state index in [4.69, 9.17) is 0 Å². The van der Waals surface area contributed by atoms with E-state index in [1.807, 2.05) is 0 Å². The van der Waals surface area contributed by atoms with E-state index in [2.05, 4.69) is 30.4 Å². The molecule has 0 nitrogen and oxygen atoms in total. The Morgan fingerprint density at radius 3 is 3.00 bits per heavy atom. The van der Waals surface area contributed by atoms with Crippen molar-refractivity contribution in [2.24, 2.45) is 0 Å². The molecule has 1 rings (SSSR count). The molecule has 0 bridgehead atoms. The first kappa shape index (κ1) is 6.14. The van der Waals surface area contributed by atoms with Crippen LogP contribution >= 0.6 is 0 Å². The zero-order valence-electron chi connectivity index (χ0n) is 4.59. The van der Waals surface area contributed by atoms with Crippen LogP contribution in [0.25, 0.3) is 0 Å². The second kappa shape index (κ2) is 3.13. The maximum absolute atomic E-state index is 2.18. The van der Waals surface area contributed by atoms with E-state index in [1.165, 1.54) is 26.1 Å². The van der Waals surface area contributed by atoms with Gasteiger partial charge in [-0.05, 0) is 0 Å². The van der Waals surface area contributed by atoms with E-state index < -0.39 is 0 Å². The first-order valence-corrected chi connectivity index (χ1v) is 4.06. The van der Waals surface area contributed by atoms with Gasteiger partial charge in [0, 0.05) is 0 Å². The molecule has 0 amide bonds. The average Bonchev–Trinajstić information content (AvgIpc) is 1.94. The molecule has 0 aromatic carbocycles. The van der Waals surface area contributed by atoms with Crippen LogP contribution in [-0.2, 0) is 0 Å². The number of hydrogen-bond acceptors (Lipinski definition) is 0. The van der Waals surface area contributed by atoms with Crippen molar-refractivity contribution in [3.05, 3.63) is 34.0 Å². The van der Waals surface area contributed by atoms with E-state index >= 15 is 0 Å². The Labute approximate surface area is 63.1 Å². The summed E-state index contributed by atoms with van der Waals surface area (Å²) in [6, 6.07) is 0. The van der Waals surface area contributed by atoms with Crippen LogP contribution in [0.15, 0.2) is 34.0 Å². The molecular formula is C7H7Sn. The van der Waals surface area contributed by atoms with Gasteiger partial charge < -0.3 is 0 Å². The van der Waals surface area contributed by atoms with Crippen molar-refractivity contribution in [1.29, 1.82) is 0 Å². The molecular weight excluding hydrogens is 203 g/mol. The Hall–Kier alpha value is 0.0187. The zero-order chi connectivity index (χ0) is 5.82. The number of hydrogen-bond donors (Lipinski definition) is 0. The van der Waals surface area contributed by atoms with Gasteiger partial charge in [0.1, 0.15) is 0 Å². The molecule has 0 saturated carbocycles. The summed E-state index contributed by atoms with van der Waals surface area (Å²) in [6.07, 6.45) is 11.8. The van der Waals surface area contributed by atoms with E-state index in [9.17, 15) is 0 Å². The van der Waals surface area contributed by atoms with Crippen LogP contribution in [0.4, 0.5) is 0 Å². The van der Waals surface area contributed by atoms with Crippen LogP contribution in [0.2, 0.25) is 0 Å². The third kappa shape index (κ3) is 1.86. The van der Waals surface area contributed by atoms with Crippen molar-refractivity contribution >= 4 is 22.5 Å². The second-order valence-corrected chi connectivity index (χ2v) is 3.54. The molecule has 0 heterocycles. The van der Waals surface area contributed by atoms with Gasteiger partial charge in [0.15, 0.2) is 0 Å². The Morgan fingerprint density at radius 2 is 2.12 bits per heavy atom. The van der Waals surface area contributed by atoms with Gasteiger partial charge in [0.25, 0.3) is 0 Å². The van der Waals surface area contributed by atoms with Crippen LogP contribution in [-0.4, -0.2) is 22.5 Å². The predicted molar refractivity (Wildman–Crippen MR) is 36.7 cm³/mol. The van der Waals surface area contributed by atoms with Crippen molar-refractivity contribution in [3.8, 4) is 0 Å². The molecule has 1 aliphatic carbocycles. The quantitative estimate of drug-likeness (QED) is 0.532. The Balaban J connectivity index is 2.69. The SMILES string of the molecule is [Sn][C]1=CC=CC=CC1. The van der Waals surface area contributed by atoms with Gasteiger partial charge in [-0.2, -0.15) is 0 Å². The van der Waals surface area contributed by atoms with Gasteiger partial charge >= 0.3 is 62.9 Å². The van der Waals surface area contributed by atoms with Gasteiger partial charge in [-0.1, -0.05) is 0 Å². The Bertz CT molecular complexity index is 152. The van der Waals surface area contributed by atoms with Crippen LogP contribution < -0.4 is 0 Å². The summed E-state index contributed by atoms with van der Waals surface area (Å²) in [5, 5.41) is 0. The zero-order valence-corrected chi connectivity index (χ0v) is 7.45. The molecule has 3 radical (unpaired) electrons. The summed E-state index contributed by atoms with van der Waals surface area (Å²) in [5.41, 5.74) is 0. The molecule has 0 aliphatic heterocycles. The molecule has 0 fully saturated rings. The molecule has 0 aromatic heterocycles. The average molecular weight is 210 g/mol.